The van der Waals surface area contributed by atoms with Crippen molar-refractivity contribution in [3.05, 3.63) is 52.5 Å². The number of hydrogen-bond donors (Lipinski definition) is 1. The lowest BCUT2D eigenvalue weighted by Gasteiger charge is -2.09. The molecule has 0 saturated heterocycles. The molecule has 6 heteroatoms. The van der Waals surface area contributed by atoms with Gasteiger partial charge in [-0.15, -0.1) is 0 Å². The summed E-state index contributed by atoms with van der Waals surface area (Å²) >= 11 is 4.98. The van der Waals surface area contributed by atoms with Gasteiger partial charge in [0, 0.05) is 20.5 Å². The fraction of sp³-hybridized carbons (Fsp3) is 0.200. The number of hydrogen-bond acceptors (Lipinski definition) is 4. The highest BCUT2D eigenvalue weighted by atomic mass is 79.9. The van der Waals surface area contributed by atoms with Crippen LogP contribution in [-0.2, 0) is 9.84 Å². The van der Waals surface area contributed by atoms with Crippen LogP contribution in [0.15, 0.2) is 61.6 Å². The molecule has 0 aliphatic rings. The van der Waals surface area contributed by atoms with Crippen molar-refractivity contribution < 1.29 is 13.5 Å². The third kappa shape index (κ3) is 4.32. The van der Waals surface area contributed by atoms with E-state index in [2.05, 4.69) is 15.9 Å². The summed E-state index contributed by atoms with van der Waals surface area (Å²) < 4.78 is 23.7. The second-order valence-corrected chi connectivity index (χ2v) is 8.72. The van der Waals surface area contributed by atoms with Gasteiger partial charge in [0.05, 0.1) is 11.0 Å². The number of aliphatic hydroxyl groups excluding tert-OH is 1. The van der Waals surface area contributed by atoms with Gasteiger partial charge >= 0.3 is 0 Å². The van der Waals surface area contributed by atoms with E-state index in [0.717, 1.165) is 19.8 Å². The molecule has 2 aromatic carbocycles. The Labute approximate surface area is 137 Å². The SMILES string of the molecule is C[C@@H](O)c1ccc(Sc2ccc(S(C)(=O)=O)cc2)cc1Br. The number of rotatable bonds is 4. The van der Waals surface area contributed by atoms with E-state index in [0.29, 0.717) is 4.90 Å². The summed E-state index contributed by atoms with van der Waals surface area (Å²) in [4.78, 5) is 2.29. The van der Waals surface area contributed by atoms with Crippen molar-refractivity contribution in [1.29, 1.82) is 0 Å². The van der Waals surface area contributed by atoms with Crippen LogP contribution in [0.5, 0.6) is 0 Å². The van der Waals surface area contributed by atoms with Crippen LogP contribution in [0.3, 0.4) is 0 Å². The van der Waals surface area contributed by atoms with Gasteiger partial charge in [-0.1, -0.05) is 33.8 Å². The lowest BCUT2D eigenvalue weighted by Crippen LogP contribution is -1.96. The summed E-state index contributed by atoms with van der Waals surface area (Å²) in [5.41, 5.74) is 0.840. The predicted molar refractivity (Wildman–Crippen MR) is 88.5 cm³/mol. The first-order chi connectivity index (χ1) is 9.77. The number of sulfone groups is 1. The van der Waals surface area contributed by atoms with Crippen LogP contribution < -0.4 is 0 Å². The zero-order valence-electron chi connectivity index (χ0n) is 11.6. The third-order valence-electron chi connectivity index (χ3n) is 2.91. The normalized spacial score (nSPS) is 13.1. The van der Waals surface area contributed by atoms with Crippen molar-refractivity contribution in [1.82, 2.24) is 0 Å². The summed E-state index contributed by atoms with van der Waals surface area (Å²) in [5, 5.41) is 9.60. The summed E-state index contributed by atoms with van der Waals surface area (Å²) in [6.45, 7) is 1.72. The van der Waals surface area contributed by atoms with Crippen molar-refractivity contribution in [2.75, 3.05) is 6.26 Å². The zero-order chi connectivity index (χ0) is 15.6. The molecule has 0 unspecified atom stereocenters. The van der Waals surface area contributed by atoms with Gasteiger partial charge in [0.2, 0.25) is 0 Å². The van der Waals surface area contributed by atoms with Crippen LogP contribution in [0.4, 0.5) is 0 Å². The van der Waals surface area contributed by atoms with Crippen molar-refractivity contribution in [2.24, 2.45) is 0 Å². The molecule has 2 rings (SSSR count). The van der Waals surface area contributed by atoms with Gasteiger partial charge in [-0.25, -0.2) is 8.42 Å². The monoisotopic (exact) mass is 386 g/mol. The average Bonchev–Trinajstić information content (AvgIpc) is 2.38. The summed E-state index contributed by atoms with van der Waals surface area (Å²) in [5.74, 6) is 0. The van der Waals surface area contributed by atoms with Crippen LogP contribution in [0.1, 0.15) is 18.6 Å². The Hall–Kier alpha value is -0.820. The molecule has 0 heterocycles. The maximum Gasteiger partial charge on any atom is 0.175 e. The van der Waals surface area contributed by atoms with Crippen LogP contribution >= 0.6 is 27.7 Å². The Balaban J connectivity index is 2.21. The Bertz CT molecular complexity index is 738. The highest BCUT2D eigenvalue weighted by Gasteiger charge is 2.09. The Morgan fingerprint density at radius 2 is 1.67 bits per heavy atom. The molecule has 0 aromatic heterocycles. The molecule has 1 N–H and O–H groups in total. The first-order valence-corrected chi connectivity index (χ1v) is 9.73. The van der Waals surface area contributed by atoms with Gasteiger partial charge < -0.3 is 5.11 Å². The zero-order valence-corrected chi connectivity index (χ0v) is 14.8. The molecule has 112 valence electrons. The second kappa shape index (κ2) is 6.52. The lowest BCUT2D eigenvalue weighted by atomic mass is 10.1. The molecule has 21 heavy (non-hydrogen) atoms. The first kappa shape index (κ1) is 16.5. The predicted octanol–water partition coefficient (Wildman–Crippen LogP) is 4.06. The Morgan fingerprint density at radius 1 is 1.10 bits per heavy atom. The van der Waals surface area contributed by atoms with Gasteiger partial charge in [-0.3, -0.25) is 0 Å². The van der Waals surface area contributed by atoms with Gasteiger partial charge in [0.25, 0.3) is 0 Å². The minimum atomic E-state index is -3.16. The maximum absolute atomic E-state index is 11.4. The van der Waals surface area contributed by atoms with Crippen LogP contribution in [0, 0.1) is 0 Å². The van der Waals surface area contributed by atoms with Gasteiger partial charge in [-0.2, -0.15) is 0 Å². The summed E-state index contributed by atoms with van der Waals surface area (Å²) in [7, 11) is -3.16. The summed E-state index contributed by atoms with van der Waals surface area (Å²) in [6, 6.07) is 12.5. The van der Waals surface area contributed by atoms with E-state index in [1.54, 1.807) is 31.2 Å². The first-order valence-electron chi connectivity index (χ1n) is 6.23. The van der Waals surface area contributed by atoms with E-state index < -0.39 is 15.9 Å². The molecule has 2 aromatic rings. The molecular weight excluding hydrogens is 372 g/mol. The molecule has 1 atom stereocenters. The minimum absolute atomic E-state index is 0.317. The van der Waals surface area contributed by atoms with Crippen molar-refractivity contribution in [3.63, 3.8) is 0 Å². The smallest absolute Gasteiger partial charge is 0.175 e. The van der Waals surface area contributed by atoms with E-state index in [9.17, 15) is 13.5 Å². The van der Waals surface area contributed by atoms with Crippen molar-refractivity contribution in [3.8, 4) is 0 Å². The Morgan fingerprint density at radius 3 is 2.14 bits per heavy atom. The average molecular weight is 387 g/mol. The van der Waals surface area contributed by atoms with Crippen LogP contribution in [-0.4, -0.2) is 19.8 Å². The molecule has 0 amide bonds. The number of halogens is 1. The highest BCUT2D eigenvalue weighted by molar-refractivity contribution is 9.10. The van der Waals surface area contributed by atoms with E-state index in [4.69, 9.17) is 0 Å². The molecule has 0 saturated carbocycles. The summed E-state index contributed by atoms with van der Waals surface area (Å²) in [6.07, 6.45) is 0.675. The number of benzene rings is 2. The van der Waals surface area contributed by atoms with E-state index in [-0.39, 0.29) is 0 Å². The molecular formula is C15H15BrO3S2. The second-order valence-electron chi connectivity index (χ2n) is 4.70. The fourth-order valence-electron chi connectivity index (χ4n) is 1.80. The van der Waals surface area contributed by atoms with Gasteiger partial charge in [-0.05, 0) is 48.9 Å². The molecule has 0 aliphatic carbocycles. The van der Waals surface area contributed by atoms with Gasteiger partial charge in [0.1, 0.15) is 0 Å². The molecule has 3 nitrogen and oxygen atoms in total. The van der Waals surface area contributed by atoms with E-state index in [1.807, 2.05) is 18.2 Å². The minimum Gasteiger partial charge on any atom is -0.389 e. The number of aliphatic hydroxyl groups is 1. The highest BCUT2D eigenvalue weighted by Crippen LogP contribution is 2.33. The Kier molecular flexibility index (Phi) is 5.14. The molecule has 0 aliphatic heterocycles. The van der Waals surface area contributed by atoms with E-state index >= 15 is 0 Å². The fourth-order valence-corrected chi connectivity index (χ4v) is 4.15. The standard InChI is InChI=1S/C15H15BrO3S2/c1-10(17)14-8-5-12(9-15(14)16)20-11-3-6-13(7-4-11)21(2,18)19/h3-10,17H,1-2H3/t10-/m1/s1. The van der Waals surface area contributed by atoms with Crippen molar-refractivity contribution in [2.45, 2.75) is 27.7 Å². The molecule has 0 bridgehead atoms. The maximum atomic E-state index is 11.4. The van der Waals surface area contributed by atoms with E-state index in [1.165, 1.54) is 18.0 Å². The molecule has 0 radical (unpaired) electrons. The molecule has 0 spiro atoms. The quantitative estimate of drug-likeness (QED) is 0.860. The topological polar surface area (TPSA) is 54.4 Å². The van der Waals surface area contributed by atoms with Crippen LogP contribution in [0.25, 0.3) is 0 Å². The lowest BCUT2D eigenvalue weighted by molar-refractivity contribution is 0.198. The van der Waals surface area contributed by atoms with Crippen LogP contribution in [0.2, 0.25) is 0 Å². The molecule has 0 fully saturated rings. The van der Waals surface area contributed by atoms with Crippen molar-refractivity contribution >= 4 is 37.5 Å². The van der Waals surface area contributed by atoms with Gasteiger partial charge in [0.15, 0.2) is 9.84 Å². The largest absolute Gasteiger partial charge is 0.389 e. The third-order valence-corrected chi connectivity index (χ3v) is 5.72.